The van der Waals surface area contributed by atoms with E-state index in [1.165, 1.54) is 0 Å². The van der Waals surface area contributed by atoms with Crippen molar-refractivity contribution in [2.24, 2.45) is 0 Å². The number of hydrogen-bond acceptors (Lipinski definition) is 1. The Hall–Kier alpha value is 1.59. The van der Waals surface area contributed by atoms with Gasteiger partial charge in [0.2, 0.25) is 0 Å². The molecule has 0 radical (unpaired) electrons. The first-order chi connectivity index (χ1) is 3.71. The Balaban J connectivity index is -0.000000320. The Bertz CT molecular complexity index is 83.7. The Kier molecular flexibility index (Phi) is 10.2. The van der Waals surface area contributed by atoms with E-state index in [9.17, 15) is 0 Å². The minimum Gasteiger partial charge on any atom is -0.360 e. The molecule has 0 aliphatic rings. The summed E-state index contributed by atoms with van der Waals surface area (Å²) >= 11 is 0. The van der Waals surface area contributed by atoms with Gasteiger partial charge in [-0.05, 0) is 0 Å². The van der Waals surface area contributed by atoms with Crippen molar-refractivity contribution in [3.63, 3.8) is 0 Å². The Labute approximate surface area is 97.6 Å². The largest absolute Gasteiger partial charge is 1.00 e. The summed E-state index contributed by atoms with van der Waals surface area (Å²) in [5.74, 6) is 0. The molecule has 0 bridgehead atoms. The molecule has 0 fully saturated rings. The van der Waals surface area contributed by atoms with Gasteiger partial charge < -0.3 is 4.65 Å². The van der Waals surface area contributed by atoms with Crippen LogP contribution in [0.3, 0.4) is 0 Å². The van der Waals surface area contributed by atoms with Gasteiger partial charge in [-0.25, -0.2) is 0 Å². The fraction of sp³-hybridized carbons (Fsp3) is 1.00. The van der Waals surface area contributed by atoms with E-state index in [0.29, 0.717) is 0 Å². The monoisotopic (exact) mass is 175 g/mol. The van der Waals surface area contributed by atoms with E-state index in [2.05, 4.69) is 43.9 Å². The van der Waals surface area contributed by atoms with Crippen LogP contribution in [0.4, 0.5) is 0 Å². The molecule has 0 spiro atoms. The predicted molar refractivity (Wildman–Crippen MR) is 49.8 cm³/mol. The zero-order chi connectivity index (χ0) is 7.71. The second kappa shape index (κ2) is 6.10. The molecule has 1 N–H and O–H groups in total. The zero-order valence-electron chi connectivity index (χ0n) is 9.50. The zero-order valence-corrected chi connectivity index (χ0v) is 11.5. The van der Waals surface area contributed by atoms with E-state index >= 15 is 0 Å². The first-order valence-electron chi connectivity index (χ1n) is 3.50. The molecule has 11 heavy (non-hydrogen) atoms. The average Bonchev–Trinajstić information content (AvgIpc) is 1.14. The van der Waals surface area contributed by atoms with Crippen LogP contribution in [0.1, 0.15) is 0 Å². The van der Waals surface area contributed by atoms with Crippen LogP contribution in [0.25, 0.3) is 0 Å². The van der Waals surface area contributed by atoms with Crippen LogP contribution in [-0.4, -0.2) is 16.5 Å². The summed E-state index contributed by atoms with van der Waals surface area (Å²) in [4.78, 5) is 0. The fourth-order valence-corrected chi connectivity index (χ4v) is 10.1. The molecule has 0 aromatic rings. The molecule has 5 heteroatoms. The first-order valence-corrected chi connectivity index (χ1v) is 10.5. The third-order valence-corrected chi connectivity index (χ3v) is 6.75. The molecule has 0 saturated carbocycles. The van der Waals surface area contributed by atoms with Gasteiger partial charge in [-0.15, -0.1) is 0 Å². The van der Waals surface area contributed by atoms with Gasteiger partial charge in [-0.1, -0.05) is 39.3 Å². The van der Waals surface area contributed by atoms with E-state index < -0.39 is 16.5 Å². The molecule has 0 saturated heterocycles. The minimum atomic E-state index is -0.981. The molecular weight excluding hydrogens is 156 g/mol. The number of rotatable bonds is 2. The number of hydrogen-bond donors (Lipinski definition) is 1. The van der Waals surface area contributed by atoms with Crippen LogP contribution in [0, 0.1) is 0 Å². The van der Waals surface area contributed by atoms with Gasteiger partial charge in [0.1, 0.15) is 16.5 Å². The van der Waals surface area contributed by atoms with Crippen molar-refractivity contribution >= 4 is 16.5 Å². The van der Waals surface area contributed by atoms with Gasteiger partial charge in [-0.2, -0.15) is 0 Å². The second-order valence-electron chi connectivity index (χ2n) is 4.62. The van der Waals surface area contributed by atoms with Crippen LogP contribution >= 0.6 is 0 Å². The van der Waals surface area contributed by atoms with Gasteiger partial charge in [0.25, 0.3) is 0 Å². The molecule has 0 aromatic heterocycles. The summed E-state index contributed by atoms with van der Waals surface area (Å²) in [5.41, 5.74) is 0. The van der Waals surface area contributed by atoms with Crippen LogP contribution in [-0.2, 0) is 0 Å². The molecule has 0 aliphatic carbocycles. The maximum atomic E-state index is 3.74. The van der Waals surface area contributed by atoms with Gasteiger partial charge in [0, 0.05) is 0 Å². The molecule has 1 nitrogen and oxygen atoms in total. The molecule has 0 aliphatic heterocycles. The fourth-order valence-electron chi connectivity index (χ4n) is 1.12. The van der Waals surface area contributed by atoms with E-state index in [0.717, 1.165) is 0 Å². The van der Waals surface area contributed by atoms with Crippen LogP contribution in [0.15, 0.2) is 0 Å². The Morgan fingerprint density at radius 3 is 0.818 bits per heavy atom. The average molecular weight is 175 g/mol. The summed E-state index contributed by atoms with van der Waals surface area (Å²) in [6.45, 7) is 14.1. The molecular formula is C6H19Li2NSi2+2. The third-order valence-electron chi connectivity index (χ3n) is 0.750. The molecule has 0 atom stereocenters. The molecule has 0 aromatic carbocycles. The first kappa shape index (κ1) is 18.4. The van der Waals surface area contributed by atoms with Crippen molar-refractivity contribution in [2.75, 3.05) is 0 Å². The summed E-state index contributed by atoms with van der Waals surface area (Å²) < 4.78 is 3.74. The van der Waals surface area contributed by atoms with Crippen molar-refractivity contribution < 1.29 is 37.7 Å². The van der Waals surface area contributed by atoms with Crippen molar-refractivity contribution in [3.05, 3.63) is 0 Å². The van der Waals surface area contributed by atoms with Crippen molar-refractivity contribution in [1.29, 1.82) is 0 Å². The van der Waals surface area contributed by atoms with Gasteiger partial charge >= 0.3 is 37.7 Å². The van der Waals surface area contributed by atoms with Gasteiger partial charge in [0.15, 0.2) is 0 Å². The van der Waals surface area contributed by atoms with Gasteiger partial charge in [0.05, 0.1) is 0 Å². The number of nitrogens with one attached hydrogen (secondary N) is 1. The minimum absolute atomic E-state index is 0. The van der Waals surface area contributed by atoms with Crippen LogP contribution in [0.5, 0.6) is 0 Å². The summed E-state index contributed by atoms with van der Waals surface area (Å²) in [6.07, 6.45) is 0. The maximum absolute atomic E-state index is 3.74. The molecule has 0 amide bonds. The maximum Gasteiger partial charge on any atom is 1.00 e. The molecule has 0 unspecified atom stereocenters. The summed E-state index contributed by atoms with van der Waals surface area (Å²) in [5, 5.41) is 0. The van der Waals surface area contributed by atoms with Crippen molar-refractivity contribution in [2.45, 2.75) is 39.3 Å². The van der Waals surface area contributed by atoms with E-state index in [-0.39, 0.29) is 37.7 Å². The van der Waals surface area contributed by atoms with E-state index in [1.54, 1.807) is 0 Å². The van der Waals surface area contributed by atoms with Gasteiger partial charge in [-0.3, -0.25) is 0 Å². The Morgan fingerprint density at radius 1 is 0.636 bits per heavy atom. The van der Waals surface area contributed by atoms with Crippen molar-refractivity contribution in [3.8, 4) is 0 Å². The topological polar surface area (TPSA) is 12.0 Å². The second-order valence-corrected chi connectivity index (χ2v) is 14.6. The Morgan fingerprint density at radius 2 is 0.818 bits per heavy atom. The van der Waals surface area contributed by atoms with E-state index in [4.69, 9.17) is 0 Å². The van der Waals surface area contributed by atoms with Crippen LogP contribution in [0.2, 0.25) is 39.3 Å². The predicted octanol–water partition coefficient (Wildman–Crippen LogP) is -3.75. The smallest absolute Gasteiger partial charge is 0.360 e. The van der Waals surface area contributed by atoms with E-state index in [1.807, 2.05) is 0 Å². The van der Waals surface area contributed by atoms with Crippen LogP contribution < -0.4 is 42.4 Å². The van der Waals surface area contributed by atoms with Crippen molar-refractivity contribution in [1.82, 2.24) is 4.65 Å². The molecule has 0 rings (SSSR count). The molecule has 0 heterocycles. The summed E-state index contributed by atoms with van der Waals surface area (Å²) in [7, 11) is -1.96. The summed E-state index contributed by atoms with van der Waals surface area (Å²) in [6, 6.07) is 0. The standard InChI is InChI=1S/C6H19NSi2.2Li/c1-8(2,3)7-9(4,5)6;;/h7H,1-6H3;;/q;2*+1. The normalized spacial score (nSPS) is 11.5. The molecule has 56 valence electrons. The SMILES string of the molecule is C[Si](C)(C)N[Si](C)(C)C.[Li+].[Li+]. The quantitative estimate of drug-likeness (QED) is 0.425. The third kappa shape index (κ3) is 18.5.